The summed E-state index contributed by atoms with van der Waals surface area (Å²) in [5.41, 5.74) is 2.70. The molecule has 0 aliphatic heterocycles. The van der Waals surface area contributed by atoms with Crippen LogP contribution in [0.4, 0.5) is 21.9 Å². The zero-order chi connectivity index (χ0) is 21.6. The van der Waals surface area contributed by atoms with Gasteiger partial charge in [-0.15, -0.1) is 0 Å². The molecule has 0 radical (unpaired) electrons. The molecule has 7 heteroatoms. The molecule has 1 fully saturated rings. The number of carbonyl (C=O) groups excluding carboxylic acids is 2. The Bertz CT molecular complexity index is 1100. The first kappa shape index (κ1) is 20.8. The molecule has 1 aliphatic rings. The number of carbonyl (C=O) groups is 2. The number of anilines is 3. The van der Waals surface area contributed by atoms with Crippen molar-refractivity contribution in [3.05, 3.63) is 84.4 Å². The van der Waals surface area contributed by atoms with Gasteiger partial charge in [0.1, 0.15) is 0 Å². The summed E-state index contributed by atoms with van der Waals surface area (Å²) < 4.78 is 12.2. The topological polar surface area (TPSA) is 87.3 Å². The standard InChI is InChI=1S/C24H23N3O3S/c28-23(15-17-9-11-21(12-10-17)31(30)22-13-14-22)25-19-7-4-8-20(16-19)27-24(29)26-18-5-2-1-3-6-18/h1-12,16,22H,13-15H2,(H,25,28)(H2,26,27,29). The maximum atomic E-state index is 12.4. The van der Waals surface area contributed by atoms with Crippen molar-refractivity contribution in [2.75, 3.05) is 16.0 Å². The van der Waals surface area contributed by atoms with E-state index in [0.717, 1.165) is 23.3 Å². The summed E-state index contributed by atoms with van der Waals surface area (Å²) in [6, 6.07) is 23.1. The lowest BCUT2D eigenvalue weighted by atomic mass is 10.1. The van der Waals surface area contributed by atoms with E-state index in [9.17, 15) is 13.8 Å². The lowest BCUT2D eigenvalue weighted by molar-refractivity contribution is -0.115. The molecule has 0 spiro atoms. The number of rotatable bonds is 7. The molecule has 1 unspecified atom stereocenters. The second kappa shape index (κ2) is 9.57. The number of nitrogens with one attached hydrogen (secondary N) is 3. The summed E-state index contributed by atoms with van der Waals surface area (Å²) in [5.74, 6) is -0.165. The smallest absolute Gasteiger partial charge is 0.323 e. The Morgan fingerprint density at radius 2 is 1.39 bits per heavy atom. The third-order valence-electron chi connectivity index (χ3n) is 4.78. The van der Waals surface area contributed by atoms with Crippen LogP contribution in [0.15, 0.2) is 83.8 Å². The average molecular weight is 434 g/mol. The molecule has 158 valence electrons. The van der Waals surface area contributed by atoms with Gasteiger partial charge in [0, 0.05) is 27.2 Å². The van der Waals surface area contributed by atoms with Gasteiger partial charge in [0.15, 0.2) is 0 Å². The van der Waals surface area contributed by atoms with E-state index in [1.807, 2.05) is 42.5 Å². The molecular formula is C24H23N3O3S. The summed E-state index contributed by atoms with van der Waals surface area (Å²) in [6.45, 7) is 0. The number of amides is 3. The van der Waals surface area contributed by atoms with Crippen LogP contribution in [-0.2, 0) is 22.0 Å². The molecule has 3 aromatic rings. The van der Waals surface area contributed by atoms with Crippen LogP contribution in [0.2, 0.25) is 0 Å². The van der Waals surface area contributed by atoms with Crippen LogP contribution < -0.4 is 16.0 Å². The highest BCUT2D eigenvalue weighted by Gasteiger charge is 2.29. The molecule has 1 atom stereocenters. The predicted molar refractivity (Wildman–Crippen MR) is 124 cm³/mol. The molecule has 31 heavy (non-hydrogen) atoms. The fraction of sp³-hybridized carbons (Fsp3) is 0.167. The van der Waals surface area contributed by atoms with E-state index in [2.05, 4.69) is 16.0 Å². The molecular weight excluding hydrogens is 410 g/mol. The molecule has 0 bridgehead atoms. The van der Waals surface area contributed by atoms with Crippen molar-refractivity contribution in [3.8, 4) is 0 Å². The molecule has 3 amide bonds. The predicted octanol–water partition coefficient (Wildman–Crippen LogP) is 4.78. The summed E-state index contributed by atoms with van der Waals surface area (Å²) in [7, 11) is -0.938. The molecule has 4 rings (SSSR count). The van der Waals surface area contributed by atoms with Crippen LogP contribution >= 0.6 is 0 Å². The van der Waals surface area contributed by atoms with Crippen molar-refractivity contribution in [2.45, 2.75) is 29.4 Å². The fourth-order valence-electron chi connectivity index (χ4n) is 3.10. The SMILES string of the molecule is O=C(Cc1ccc(S(=O)C2CC2)cc1)Nc1cccc(NC(=O)Nc2ccccc2)c1. The Hall–Kier alpha value is -3.45. The number of benzene rings is 3. The Morgan fingerprint density at radius 3 is 2.06 bits per heavy atom. The van der Waals surface area contributed by atoms with Crippen molar-refractivity contribution in [1.29, 1.82) is 0 Å². The normalized spacial score (nSPS) is 13.8. The molecule has 3 N–H and O–H groups in total. The molecule has 3 aromatic carbocycles. The van der Waals surface area contributed by atoms with E-state index in [4.69, 9.17) is 0 Å². The third kappa shape index (κ3) is 6.02. The van der Waals surface area contributed by atoms with Gasteiger partial charge in [0.05, 0.1) is 17.2 Å². The maximum Gasteiger partial charge on any atom is 0.323 e. The van der Waals surface area contributed by atoms with Crippen molar-refractivity contribution >= 4 is 39.8 Å². The molecule has 1 aliphatic carbocycles. The highest BCUT2D eigenvalue weighted by atomic mass is 32.2. The average Bonchev–Trinajstić information content (AvgIpc) is 3.60. The Labute approximate surface area is 183 Å². The molecule has 6 nitrogen and oxygen atoms in total. The van der Waals surface area contributed by atoms with Gasteiger partial charge in [-0.25, -0.2) is 4.79 Å². The van der Waals surface area contributed by atoms with Crippen molar-refractivity contribution in [1.82, 2.24) is 0 Å². The quantitative estimate of drug-likeness (QED) is 0.501. The first-order chi connectivity index (χ1) is 15.1. The molecule has 0 aromatic heterocycles. The third-order valence-corrected chi connectivity index (χ3v) is 6.60. The van der Waals surface area contributed by atoms with Crippen molar-refractivity contribution in [3.63, 3.8) is 0 Å². The van der Waals surface area contributed by atoms with E-state index in [0.29, 0.717) is 22.3 Å². The maximum absolute atomic E-state index is 12.4. The number of hydrogen-bond donors (Lipinski definition) is 3. The van der Waals surface area contributed by atoms with E-state index >= 15 is 0 Å². The summed E-state index contributed by atoms with van der Waals surface area (Å²) in [5, 5.41) is 8.65. The Balaban J connectivity index is 1.31. The zero-order valence-electron chi connectivity index (χ0n) is 16.8. The van der Waals surface area contributed by atoms with E-state index in [-0.39, 0.29) is 18.4 Å². The minimum atomic E-state index is -0.938. The van der Waals surface area contributed by atoms with Crippen molar-refractivity contribution < 1.29 is 13.8 Å². The highest BCUT2D eigenvalue weighted by molar-refractivity contribution is 7.86. The number of hydrogen-bond acceptors (Lipinski definition) is 3. The largest absolute Gasteiger partial charge is 0.326 e. The fourth-order valence-corrected chi connectivity index (χ4v) is 4.45. The second-order valence-electron chi connectivity index (χ2n) is 7.39. The Morgan fingerprint density at radius 1 is 0.774 bits per heavy atom. The molecule has 0 saturated heterocycles. The van der Waals surface area contributed by atoms with Gasteiger partial charge in [0.25, 0.3) is 0 Å². The first-order valence-electron chi connectivity index (χ1n) is 10.1. The van der Waals surface area contributed by atoms with Gasteiger partial charge in [-0.3, -0.25) is 9.00 Å². The zero-order valence-corrected chi connectivity index (χ0v) is 17.7. The lowest BCUT2D eigenvalue weighted by Gasteiger charge is -2.10. The monoisotopic (exact) mass is 433 g/mol. The van der Waals surface area contributed by atoms with Gasteiger partial charge >= 0.3 is 6.03 Å². The van der Waals surface area contributed by atoms with Crippen LogP contribution in [0, 0.1) is 0 Å². The number of para-hydroxylation sites is 1. The molecule has 1 saturated carbocycles. The second-order valence-corrected chi connectivity index (χ2v) is 9.12. The van der Waals surface area contributed by atoms with E-state index < -0.39 is 10.8 Å². The van der Waals surface area contributed by atoms with Crippen LogP contribution in [0.5, 0.6) is 0 Å². The van der Waals surface area contributed by atoms with E-state index in [1.165, 1.54) is 0 Å². The lowest BCUT2D eigenvalue weighted by Crippen LogP contribution is -2.19. The van der Waals surface area contributed by atoms with Gasteiger partial charge in [-0.1, -0.05) is 36.4 Å². The summed E-state index contributed by atoms with van der Waals surface area (Å²) in [6.07, 6.45) is 2.26. The van der Waals surface area contributed by atoms with Gasteiger partial charge in [-0.05, 0) is 60.9 Å². The van der Waals surface area contributed by atoms with Crippen LogP contribution in [0.3, 0.4) is 0 Å². The van der Waals surface area contributed by atoms with Gasteiger partial charge < -0.3 is 16.0 Å². The van der Waals surface area contributed by atoms with Crippen molar-refractivity contribution in [2.24, 2.45) is 0 Å². The first-order valence-corrected chi connectivity index (χ1v) is 11.3. The summed E-state index contributed by atoms with van der Waals surface area (Å²) >= 11 is 0. The number of urea groups is 1. The van der Waals surface area contributed by atoms with Crippen LogP contribution in [0.25, 0.3) is 0 Å². The Kier molecular flexibility index (Phi) is 6.43. The minimum absolute atomic E-state index is 0.165. The highest BCUT2D eigenvalue weighted by Crippen LogP contribution is 2.30. The minimum Gasteiger partial charge on any atom is -0.326 e. The van der Waals surface area contributed by atoms with E-state index in [1.54, 1.807) is 36.4 Å². The van der Waals surface area contributed by atoms with Crippen LogP contribution in [-0.4, -0.2) is 21.4 Å². The summed E-state index contributed by atoms with van der Waals surface area (Å²) in [4.78, 5) is 25.4. The van der Waals surface area contributed by atoms with Gasteiger partial charge in [-0.2, -0.15) is 0 Å². The van der Waals surface area contributed by atoms with Crippen LogP contribution in [0.1, 0.15) is 18.4 Å². The molecule has 0 heterocycles. The van der Waals surface area contributed by atoms with Gasteiger partial charge in [0.2, 0.25) is 5.91 Å².